The van der Waals surface area contributed by atoms with Crippen molar-refractivity contribution < 1.29 is 19.8 Å². The highest BCUT2D eigenvalue weighted by atomic mass is 16.3. The number of rotatable bonds is 10. The Morgan fingerprint density at radius 2 is 1.18 bits per heavy atom. The van der Waals surface area contributed by atoms with E-state index < -0.39 is 17.3 Å². The van der Waals surface area contributed by atoms with Gasteiger partial charge in [-0.3, -0.25) is 9.59 Å². The number of phenols is 2. The SMILES string of the molecule is CCCCc1ccc(C(=O)c2cc(O)c(C)c(C(=O)c3ccc(CCCC)cc3)c2O)cc1. The third-order valence-corrected chi connectivity index (χ3v) is 6.07. The second kappa shape index (κ2) is 11.0. The maximum atomic E-state index is 13.2. The zero-order valence-electron chi connectivity index (χ0n) is 19.6. The minimum absolute atomic E-state index is 0.0424. The Morgan fingerprint density at radius 1 is 0.727 bits per heavy atom. The summed E-state index contributed by atoms with van der Waals surface area (Å²) in [6.45, 7) is 5.82. The van der Waals surface area contributed by atoms with E-state index in [1.165, 1.54) is 6.07 Å². The lowest BCUT2D eigenvalue weighted by atomic mass is 9.91. The van der Waals surface area contributed by atoms with Gasteiger partial charge in [-0.05, 0) is 49.8 Å². The van der Waals surface area contributed by atoms with Gasteiger partial charge in [-0.25, -0.2) is 0 Å². The smallest absolute Gasteiger partial charge is 0.197 e. The highest BCUT2D eigenvalue weighted by Gasteiger charge is 2.25. The first-order valence-electron chi connectivity index (χ1n) is 11.7. The molecule has 0 aromatic heterocycles. The predicted octanol–water partition coefficient (Wildman–Crippen LogP) is 6.55. The number of phenolic OH excluding ortho intramolecular Hbond substituents is 2. The van der Waals surface area contributed by atoms with Gasteiger partial charge in [0, 0.05) is 16.7 Å². The van der Waals surface area contributed by atoms with Crippen molar-refractivity contribution in [3.63, 3.8) is 0 Å². The molecule has 0 fully saturated rings. The molecule has 3 aromatic rings. The number of aryl methyl sites for hydroxylation is 2. The Labute approximate surface area is 195 Å². The van der Waals surface area contributed by atoms with Crippen LogP contribution in [0.15, 0.2) is 54.6 Å². The lowest BCUT2D eigenvalue weighted by Crippen LogP contribution is -2.09. The molecule has 0 aliphatic heterocycles. The van der Waals surface area contributed by atoms with Gasteiger partial charge in [0.1, 0.15) is 11.5 Å². The molecule has 0 spiro atoms. The molecule has 172 valence electrons. The summed E-state index contributed by atoms with van der Waals surface area (Å²) in [7, 11) is 0. The van der Waals surface area contributed by atoms with Crippen molar-refractivity contribution in [1.29, 1.82) is 0 Å². The number of carbonyl (C=O) groups excluding carboxylic acids is 2. The molecule has 0 atom stereocenters. The van der Waals surface area contributed by atoms with Crippen molar-refractivity contribution in [2.75, 3.05) is 0 Å². The third-order valence-electron chi connectivity index (χ3n) is 6.07. The van der Waals surface area contributed by atoms with Crippen LogP contribution in [0.1, 0.15) is 88.1 Å². The van der Waals surface area contributed by atoms with Crippen LogP contribution in [0.5, 0.6) is 11.5 Å². The number of aromatic hydroxyl groups is 2. The normalized spacial score (nSPS) is 10.9. The van der Waals surface area contributed by atoms with E-state index in [9.17, 15) is 19.8 Å². The second-order valence-electron chi connectivity index (χ2n) is 8.55. The molecule has 0 heterocycles. The zero-order chi connectivity index (χ0) is 24.0. The van der Waals surface area contributed by atoms with E-state index in [4.69, 9.17) is 0 Å². The van der Waals surface area contributed by atoms with E-state index in [-0.39, 0.29) is 22.4 Å². The number of ketones is 2. The van der Waals surface area contributed by atoms with Crippen molar-refractivity contribution in [2.45, 2.75) is 59.3 Å². The molecule has 4 nitrogen and oxygen atoms in total. The standard InChI is InChI=1S/C29H32O4/c1-4-6-8-20-10-14-22(15-11-20)27(31)24-18-25(30)19(3)26(29(24)33)28(32)23-16-12-21(13-17-23)9-7-5-2/h10-18,30,33H,4-9H2,1-3H3. The van der Waals surface area contributed by atoms with E-state index in [0.29, 0.717) is 11.1 Å². The van der Waals surface area contributed by atoms with Crippen molar-refractivity contribution in [2.24, 2.45) is 0 Å². The summed E-state index contributed by atoms with van der Waals surface area (Å²) in [5, 5.41) is 21.4. The largest absolute Gasteiger partial charge is 0.508 e. The molecular formula is C29H32O4. The fraction of sp³-hybridized carbons (Fsp3) is 0.310. The van der Waals surface area contributed by atoms with E-state index in [1.54, 1.807) is 31.2 Å². The van der Waals surface area contributed by atoms with Crippen LogP contribution in [0.2, 0.25) is 0 Å². The minimum Gasteiger partial charge on any atom is -0.508 e. The summed E-state index contributed by atoms with van der Waals surface area (Å²) in [6, 6.07) is 15.8. The summed E-state index contributed by atoms with van der Waals surface area (Å²) in [5.41, 5.74) is 3.21. The Morgan fingerprint density at radius 3 is 1.64 bits per heavy atom. The van der Waals surface area contributed by atoms with Gasteiger partial charge in [0.25, 0.3) is 0 Å². The average Bonchev–Trinajstić information content (AvgIpc) is 2.84. The van der Waals surface area contributed by atoms with Crippen LogP contribution in [0.25, 0.3) is 0 Å². The molecule has 3 aromatic carbocycles. The topological polar surface area (TPSA) is 74.6 Å². The Kier molecular flexibility index (Phi) is 8.05. The van der Waals surface area contributed by atoms with Gasteiger partial charge in [-0.15, -0.1) is 0 Å². The molecule has 0 bridgehead atoms. The van der Waals surface area contributed by atoms with E-state index in [1.807, 2.05) is 24.3 Å². The lowest BCUT2D eigenvalue weighted by molar-refractivity contribution is 0.103. The van der Waals surface area contributed by atoms with Crippen LogP contribution in [0, 0.1) is 6.92 Å². The maximum Gasteiger partial charge on any atom is 0.197 e. The van der Waals surface area contributed by atoms with E-state index in [2.05, 4.69) is 13.8 Å². The van der Waals surface area contributed by atoms with Crippen molar-refractivity contribution in [3.8, 4) is 11.5 Å². The van der Waals surface area contributed by atoms with Crippen LogP contribution in [-0.2, 0) is 12.8 Å². The summed E-state index contributed by atoms with van der Waals surface area (Å²) in [4.78, 5) is 26.4. The molecule has 3 rings (SSSR count). The van der Waals surface area contributed by atoms with Crippen LogP contribution in [0.3, 0.4) is 0 Å². The predicted molar refractivity (Wildman–Crippen MR) is 131 cm³/mol. The average molecular weight is 445 g/mol. The molecule has 0 radical (unpaired) electrons. The highest BCUT2D eigenvalue weighted by Crippen LogP contribution is 2.35. The van der Waals surface area contributed by atoms with Crippen LogP contribution in [-0.4, -0.2) is 21.8 Å². The first-order chi connectivity index (χ1) is 15.9. The Bertz CT molecular complexity index is 1130. The molecule has 33 heavy (non-hydrogen) atoms. The molecule has 4 heteroatoms. The lowest BCUT2D eigenvalue weighted by Gasteiger charge is -2.14. The molecule has 0 saturated heterocycles. The molecule has 0 amide bonds. The van der Waals surface area contributed by atoms with Crippen LogP contribution in [0.4, 0.5) is 0 Å². The van der Waals surface area contributed by atoms with Gasteiger partial charge in [0.2, 0.25) is 0 Å². The first-order valence-corrected chi connectivity index (χ1v) is 11.7. The van der Waals surface area contributed by atoms with Gasteiger partial charge < -0.3 is 10.2 Å². The number of carbonyl (C=O) groups is 2. The first kappa shape index (κ1) is 24.2. The van der Waals surface area contributed by atoms with Crippen LogP contribution < -0.4 is 0 Å². The summed E-state index contributed by atoms with van der Waals surface area (Å²) in [5.74, 6) is -1.45. The monoisotopic (exact) mass is 444 g/mol. The maximum absolute atomic E-state index is 13.2. The van der Waals surface area contributed by atoms with Crippen molar-refractivity contribution in [3.05, 3.63) is 93.5 Å². The van der Waals surface area contributed by atoms with Gasteiger partial charge in [-0.1, -0.05) is 75.2 Å². The highest BCUT2D eigenvalue weighted by molar-refractivity contribution is 6.17. The Balaban J connectivity index is 1.94. The third kappa shape index (κ3) is 5.51. The fourth-order valence-corrected chi connectivity index (χ4v) is 3.91. The summed E-state index contributed by atoms with van der Waals surface area (Å²) >= 11 is 0. The van der Waals surface area contributed by atoms with Gasteiger partial charge >= 0.3 is 0 Å². The molecule has 2 N–H and O–H groups in total. The van der Waals surface area contributed by atoms with Gasteiger partial charge in [0.05, 0.1) is 11.1 Å². The zero-order valence-corrected chi connectivity index (χ0v) is 19.6. The molecule has 0 aliphatic carbocycles. The number of unbranched alkanes of at least 4 members (excludes halogenated alkanes) is 2. The van der Waals surface area contributed by atoms with Crippen molar-refractivity contribution >= 4 is 11.6 Å². The van der Waals surface area contributed by atoms with E-state index >= 15 is 0 Å². The minimum atomic E-state index is -0.436. The summed E-state index contributed by atoms with van der Waals surface area (Å²) < 4.78 is 0. The molecular weight excluding hydrogens is 412 g/mol. The van der Waals surface area contributed by atoms with Gasteiger partial charge in [0.15, 0.2) is 11.6 Å². The second-order valence-corrected chi connectivity index (χ2v) is 8.55. The van der Waals surface area contributed by atoms with E-state index in [0.717, 1.165) is 49.7 Å². The fourth-order valence-electron chi connectivity index (χ4n) is 3.91. The molecule has 0 saturated carbocycles. The number of benzene rings is 3. The molecule has 0 unspecified atom stereocenters. The Hall–Kier alpha value is -3.40. The quantitative estimate of drug-likeness (QED) is 0.274. The molecule has 0 aliphatic rings. The number of hydrogen-bond acceptors (Lipinski definition) is 4. The van der Waals surface area contributed by atoms with Crippen molar-refractivity contribution in [1.82, 2.24) is 0 Å². The summed E-state index contributed by atoms with van der Waals surface area (Å²) in [6.07, 6.45) is 6.22. The van der Waals surface area contributed by atoms with Gasteiger partial charge in [-0.2, -0.15) is 0 Å². The number of hydrogen-bond donors (Lipinski definition) is 2. The van der Waals surface area contributed by atoms with Crippen LogP contribution >= 0.6 is 0 Å².